The summed E-state index contributed by atoms with van der Waals surface area (Å²) in [7, 11) is 1.85. The third-order valence-corrected chi connectivity index (χ3v) is 3.63. The molecule has 0 aliphatic heterocycles. The topological polar surface area (TPSA) is 50.9 Å². The first-order valence-corrected chi connectivity index (χ1v) is 6.71. The van der Waals surface area contributed by atoms with Crippen molar-refractivity contribution in [2.24, 2.45) is 7.05 Å². The van der Waals surface area contributed by atoms with Crippen molar-refractivity contribution in [1.82, 2.24) is 14.8 Å². The summed E-state index contributed by atoms with van der Waals surface area (Å²) in [6.07, 6.45) is 2.35. The van der Waals surface area contributed by atoms with Gasteiger partial charge in [-0.1, -0.05) is 18.5 Å². The molecule has 0 aliphatic rings. The molecule has 0 fully saturated rings. The van der Waals surface area contributed by atoms with E-state index in [0.717, 1.165) is 29.1 Å². The zero-order valence-corrected chi connectivity index (χ0v) is 12.1. The van der Waals surface area contributed by atoms with Crippen LogP contribution in [-0.2, 0) is 19.9 Å². The van der Waals surface area contributed by atoms with Gasteiger partial charge in [-0.15, -0.1) is 0 Å². The minimum atomic E-state index is -0.598. The van der Waals surface area contributed by atoms with E-state index in [9.17, 15) is 5.11 Å². The van der Waals surface area contributed by atoms with Crippen molar-refractivity contribution in [1.29, 1.82) is 0 Å². The lowest BCUT2D eigenvalue weighted by molar-refractivity contribution is 0.175. The van der Waals surface area contributed by atoms with Gasteiger partial charge in [0.15, 0.2) is 0 Å². The van der Waals surface area contributed by atoms with Gasteiger partial charge in [-0.2, -0.15) is 5.10 Å². The van der Waals surface area contributed by atoms with Gasteiger partial charge in [0.05, 0.1) is 22.5 Å². The van der Waals surface area contributed by atoms with Gasteiger partial charge in [-0.25, -0.2) is 0 Å². The summed E-state index contributed by atoms with van der Waals surface area (Å²) < 4.78 is 1.75. The summed E-state index contributed by atoms with van der Waals surface area (Å²) in [5.41, 5.74) is 3.47. The van der Waals surface area contributed by atoms with Crippen LogP contribution in [0, 0.1) is 6.92 Å². The molecule has 0 saturated carbocycles. The fourth-order valence-electron chi connectivity index (χ4n) is 2.12. The molecule has 0 radical (unpaired) electrons. The average Bonchev–Trinajstić information content (AvgIpc) is 2.66. The molecule has 1 unspecified atom stereocenters. The SMILES string of the molecule is CCc1nn(C)c(CC(O)c2ccnc(C)c2)c1Cl. The Bertz CT molecular complexity index is 580. The molecule has 1 atom stereocenters. The highest BCUT2D eigenvalue weighted by atomic mass is 35.5. The van der Waals surface area contributed by atoms with Crippen LogP contribution in [0.1, 0.15) is 35.7 Å². The Kier molecular flexibility index (Phi) is 4.22. The summed E-state index contributed by atoms with van der Waals surface area (Å²) in [6.45, 7) is 3.92. The monoisotopic (exact) mass is 279 g/mol. The fourth-order valence-corrected chi connectivity index (χ4v) is 2.49. The number of rotatable bonds is 4. The molecule has 0 aliphatic carbocycles. The Balaban J connectivity index is 2.24. The van der Waals surface area contributed by atoms with Crippen molar-refractivity contribution >= 4 is 11.6 Å². The highest BCUT2D eigenvalue weighted by Crippen LogP contribution is 2.26. The maximum atomic E-state index is 10.3. The molecular weight excluding hydrogens is 262 g/mol. The first kappa shape index (κ1) is 14.0. The minimum absolute atomic E-state index is 0.450. The van der Waals surface area contributed by atoms with Crippen molar-refractivity contribution in [2.45, 2.75) is 32.8 Å². The molecule has 2 aromatic rings. The predicted molar refractivity (Wildman–Crippen MR) is 75.2 cm³/mol. The molecule has 0 aromatic carbocycles. The van der Waals surface area contributed by atoms with Gasteiger partial charge in [0, 0.05) is 25.4 Å². The predicted octanol–water partition coefficient (Wildman–Crippen LogP) is 2.62. The number of halogens is 1. The van der Waals surface area contributed by atoms with Gasteiger partial charge in [-0.05, 0) is 31.0 Å². The van der Waals surface area contributed by atoms with E-state index < -0.39 is 6.10 Å². The number of aliphatic hydroxyl groups excluding tert-OH is 1. The van der Waals surface area contributed by atoms with Gasteiger partial charge >= 0.3 is 0 Å². The molecule has 0 spiro atoms. The van der Waals surface area contributed by atoms with Crippen LogP contribution >= 0.6 is 11.6 Å². The van der Waals surface area contributed by atoms with E-state index in [0.29, 0.717) is 11.4 Å². The zero-order valence-electron chi connectivity index (χ0n) is 11.4. The quantitative estimate of drug-likeness (QED) is 0.936. The molecular formula is C14H18ClN3O. The lowest BCUT2D eigenvalue weighted by Crippen LogP contribution is -2.07. The Morgan fingerprint density at radius 3 is 2.79 bits per heavy atom. The first-order chi connectivity index (χ1) is 9.02. The van der Waals surface area contributed by atoms with Crippen molar-refractivity contribution in [3.63, 3.8) is 0 Å². The van der Waals surface area contributed by atoms with E-state index >= 15 is 0 Å². The molecule has 4 nitrogen and oxygen atoms in total. The summed E-state index contributed by atoms with van der Waals surface area (Å²) >= 11 is 6.29. The number of aliphatic hydroxyl groups is 1. The molecule has 0 bridgehead atoms. The van der Waals surface area contributed by atoms with Crippen LogP contribution < -0.4 is 0 Å². The molecule has 2 heterocycles. The highest BCUT2D eigenvalue weighted by Gasteiger charge is 2.17. The van der Waals surface area contributed by atoms with E-state index in [1.165, 1.54) is 0 Å². The lowest BCUT2D eigenvalue weighted by atomic mass is 10.0. The molecule has 0 saturated heterocycles. The number of aryl methyl sites for hydroxylation is 3. The van der Waals surface area contributed by atoms with Crippen LogP contribution in [0.15, 0.2) is 18.3 Å². The third kappa shape index (κ3) is 2.96. The fraction of sp³-hybridized carbons (Fsp3) is 0.429. The largest absolute Gasteiger partial charge is 0.388 e. The molecule has 0 amide bonds. The van der Waals surface area contributed by atoms with Gasteiger partial charge in [0.2, 0.25) is 0 Å². The Morgan fingerprint density at radius 2 is 2.21 bits per heavy atom. The first-order valence-electron chi connectivity index (χ1n) is 6.33. The smallest absolute Gasteiger partial charge is 0.0850 e. The van der Waals surface area contributed by atoms with Crippen LogP contribution in [-0.4, -0.2) is 19.9 Å². The maximum Gasteiger partial charge on any atom is 0.0850 e. The Hall–Kier alpha value is -1.39. The molecule has 2 aromatic heterocycles. The van der Waals surface area contributed by atoms with E-state index in [4.69, 9.17) is 11.6 Å². The van der Waals surface area contributed by atoms with E-state index in [1.54, 1.807) is 10.9 Å². The zero-order chi connectivity index (χ0) is 14.0. The van der Waals surface area contributed by atoms with Crippen LogP contribution in [0.5, 0.6) is 0 Å². The third-order valence-electron chi connectivity index (χ3n) is 3.20. The Labute approximate surface area is 118 Å². The summed E-state index contributed by atoms with van der Waals surface area (Å²) in [4.78, 5) is 4.13. The number of pyridine rings is 1. The number of hydrogen-bond acceptors (Lipinski definition) is 3. The number of aromatic nitrogens is 3. The van der Waals surface area contributed by atoms with Gasteiger partial charge in [-0.3, -0.25) is 9.67 Å². The van der Waals surface area contributed by atoms with E-state index in [1.807, 2.05) is 33.0 Å². The van der Waals surface area contributed by atoms with Crippen molar-refractivity contribution in [2.75, 3.05) is 0 Å². The molecule has 2 rings (SSSR count). The normalized spacial score (nSPS) is 12.7. The average molecular weight is 280 g/mol. The number of nitrogens with zero attached hydrogens (tertiary/aromatic N) is 3. The summed E-state index contributed by atoms with van der Waals surface area (Å²) in [5.74, 6) is 0. The molecule has 5 heteroatoms. The van der Waals surface area contributed by atoms with Crippen molar-refractivity contribution < 1.29 is 5.11 Å². The van der Waals surface area contributed by atoms with Crippen LogP contribution in [0.3, 0.4) is 0 Å². The molecule has 1 N–H and O–H groups in total. The van der Waals surface area contributed by atoms with Crippen LogP contribution in [0.4, 0.5) is 0 Å². The molecule has 19 heavy (non-hydrogen) atoms. The Morgan fingerprint density at radius 1 is 1.47 bits per heavy atom. The van der Waals surface area contributed by atoms with Crippen LogP contribution in [0.2, 0.25) is 5.02 Å². The standard InChI is InChI=1S/C14H18ClN3O/c1-4-11-14(15)12(18(3)17-11)8-13(19)10-5-6-16-9(2)7-10/h5-7,13,19H,4,8H2,1-3H3. The summed E-state index contributed by atoms with van der Waals surface area (Å²) in [5, 5.41) is 15.3. The van der Waals surface area contributed by atoms with Gasteiger partial charge < -0.3 is 5.11 Å². The minimum Gasteiger partial charge on any atom is -0.388 e. The van der Waals surface area contributed by atoms with E-state index in [2.05, 4.69) is 10.1 Å². The highest BCUT2D eigenvalue weighted by molar-refractivity contribution is 6.31. The second-order valence-electron chi connectivity index (χ2n) is 4.64. The van der Waals surface area contributed by atoms with Crippen LogP contribution in [0.25, 0.3) is 0 Å². The second kappa shape index (κ2) is 5.72. The van der Waals surface area contributed by atoms with Crippen molar-refractivity contribution in [3.05, 3.63) is 46.0 Å². The second-order valence-corrected chi connectivity index (χ2v) is 5.01. The summed E-state index contributed by atoms with van der Waals surface area (Å²) in [6, 6.07) is 3.71. The van der Waals surface area contributed by atoms with E-state index in [-0.39, 0.29) is 0 Å². The van der Waals surface area contributed by atoms with Crippen molar-refractivity contribution in [3.8, 4) is 0 Å². The molecule has 102 valence electrons. The van der Waals surface area contributed by atoms with Gasteiger partial charge in [0.1, 0.15) is 0 Å². The number of hydrogen-bond donors (Lipinski definition) is 1. The maximum absolute atomic E-state index is 10.3. The lowest BCUT2D eigenvalue weighted by Gasteiger charge is -2.12. The van der Waals surface area contributed by atoms with Gasteiger partial charge in [0.25, 0.3) is 0 Å².